The SMILES string of the molecule is c1ccc(N(c2ccc(-c3cccc(-c4ccc(N(c5ccccc5)c5cccc6ccccc56)cc4)c3)cc2)c2cccc3ccccc23)cc1. The van der Waals surface area contributed by atoms with Crippen molar-refractivity contribution in [3.63, 3.8) is 0 Å². The average molecular weight is 665 g/mol. The molecule has 0 radical (unpaired) electrons. The van der Waals surface area contributed by atoms with Crippen molar-refractivity contribution in [2.75, 3.05) is 9.80 Å². The highest BCUT2D eigenvalue weighted by Gasteiger charge is 2.17. The highest BCUT2D eigenvalue weighted by Crippen LogP contribution is 2.41. The summed E-state index contributed by atoms with van der Waals surface area (Å²) in [5.74, 6) is 0. The maximum absolute atomic E-state index is 2.35. The molecular weight excluding hydrogens is 629 g/mol. The Bertz CT molecular complexity index is 2420. The number of hydrogen-bond acceptors (Lipinski definition) is 2. The van der Waals surface area contributed by atoms with E-state index in [1.165, 1.54) is 43.8 Å². The lowest BCUT2D eigenvalue weighted by Crippen LogP contribution is -2.10. The lowest BCUT2D eigenvalue weighted by Gasteiger charge is -2.27. The summed E-state index contributed by atoms with van der Waals surface area (Å²) in [4.78, 5) is 4.70. The van der Waals surface area contributed by atoms with E-state index in [9.17, 15) is 0 Å². The molecule has 246 valence electrons. The maximum Gasteiger partial charge on any atom is 0.0540 e. The van der Waals surface area contributed by atoms with Crippen molar-refractivity contribution < 1.29 is 0 Å². The van der Waals surface area contributed by atoms with Gasteiger partial charge in [-0.3, -0.25) is 0 Å². The normalized spacial score (nSPS) is 11.1. The van der Waals surface area contributed by atoms with Gasteiger partial charge in [0.15, 0.2) is 0 Å². The van der Waals surface area contributed by atoms with Crippen LogP contribution in [-0.2, 0) is 0 Å². The van der Waals surface area contributed by atoms with Crippen molar-refractivity contribution in [1.29, 1.82) is 0 Å². The van der Waals surface area contributed by atoms with E-state index in [1.54, 1.807) is 0 Å². The quantitative estimate of drug-likeness (QED) is 0.159. The number of anilines is 6. The van der Waals surface area contributed by atoms with Gasteiger partial charge in [0.2, 0.25) is 0 Å². The standard InChI is InChI=1S/C50H36N2/c1-3-20-43(21-4-1)51(49-26-12-16-39-14-7-9-24-47(39)49)45-32-28-37(29-33-45)41-18-11-19-42(36-41)38-30-34-46(35-31-38)52(44-22-5-2-6-23-44)50-27-13-17-40-15-8-10-25-48(40)50/h1-36H. The highest BCUT2D eigenvalue weighted by molar-refractivity contribution is 6.00. The minimum atomic E-state index is 1.12. The largest absolute Gasteiger partial charge is 0.310 e. The molecule has 0 aromatic heterocycles. The van der Waals surface area contributed by atoms with Crippen molar-refractivity contribution in [1.82, 2.24) is 0 Å². The van der Waals surface area contributed by atoms with E-state index in [0.29, 0.717) is 0 Å². The molecule has 0 N–H and O–H groups in total. The lowest BCUT2D eigenvalue weighted by atomic mass is 9.98. The smallest absolute Gasteiger partial charge is 0.0540 e. The van der Waals surface area contributed by atoms with E-state index in [1.807, 2.05) is 0 Å². The average Bonchev–Trinajstić information content (AvgIpc) is 3.23. The number of rotatable bonds is 8. The van der Waals surface area contributed by atoms with E-state index in [2.05, 4.69) is 228 Å². The summed E-state index contributed by atoms with van der Waals surface area (Å²) in [5, 5.41) is 4.90. The molecule has 0 spiro atoms. The number of benzene rings is 9. The Labute approximate surface area is 305 Å². The van der Waals surface area contributed by atoms with Gasteiger partial charge >= 0.3 is 0 Å². The second kappa shape index (κ2) is 13.8. The van der Waals surface area contributed by atoms with Gasteiger partial charge in [0.1, 0.15) is 0 Å². The molecule has 9 aromatic carbocycles. The van der Waals surface area contributed by atoms with Gasteiger partial charge in [-0.15, -0.1) is 0 Å². The van der Waals surface area contributed by atoms with Gasteiger partial charge < -0.3 is 9.80 Å². The van der Waals surface area contributed by atoms with Gasteiger partial charge in [-0.05, 0) is 99.8 Å². The van der Waals surface area contributed by atoms with Crippen LogP contribution in [0.4, 0.5) is 34.1 Å². The predicted octanol–water partition coefficient (Wildman–Crippen LogP) is 14.3. The Kier molecular flexibility index (Phi) is 8.24. The molecule has 2 nitrogen and oxygen atoms in total. The van der Waals surface area contributed by atoms with Crippen LogP contribution in [0.15, 0.2) is 218 Å². The van der Waals surface area contributed by atoms with Crippen molar-refractivity contribution in [3.05, 3.63) is 218 Å². The molecule has 9 aromatic rings. The van der Waals surface area contributed by atoms with E-state index in [-0.39, 0.29) is 0 Å². The topological polar surface area (TPSA) is 6.48 Å². The van der Waals surface area contributed by atoms with Crippen LogP contribution in [0.3, 0.4) is 0 Å². The summed E-state index contributed by atoms with van der Waals surface area (Å²) < 4.78 is 0. The third-order valence-corrected chi connectivity index (χ3v) is 9.82. The Balaban J connectivity index is 1.04. The van der Waals surface area contributed by atoms with Gasteiger partial charge in [-0.25, -0.2) is 0 Å². The highest BCUT2D eigenvalue weighted by atomic mass is 15.1. The molecule has 0 aliphatic heterocycles. The number of nitrogens with zero attached hydrogens (tertiary/aromatic N) is 2. The van der Waals surface area contributed by atoms with Crippen LogP contribution in [0.2, 0.25) is 0 Å². The summed E-state index contributed by atoms with van der Waals surface area (Å²) in [5.41, 5.74) is 11.5. The van der Waals surface area contributed by atoms with Crippen LogP contribution in [0.1, 0.15) is 0 Å². The fourth-order valence-corrected chi connectivity index (χ4v) is 7.30. The van der Waals surface area contributed by atoms with Crippen molar-refractivity contribution in [2.45, 2.75) is 0 Å². The zero-order chi connectivity index (χ0) is 34.7. The van der Waals surface area contributed by atoms with Gasteiger partial charge in [0.05, 0.1) is 11.4 Å². The first-order valence-corrected chi connectivity index (χ1v) is 17.8. The van der Waals surface area contributed by atoms with Crippen LogP contribution in [0, 0.1) is 0 Å². The van der Waals surface area contributed by atoms with Crippen LogP contribution >= 0.6 is 0 Å². The summed E-state index contributed by atoms with van der Waals surface area (Å²) in [6.45, 7) is 0. The van der Waals surface area contributed by atoms with Gasteiger partial charge in [-0.2, -0.15) is 0 Å². The first-order valence-electron chi connectivity index (χ1n) is 17.8. The zero-order valence-electron chi connectivity index (χ0n) is 28.7. The second-order valence-electron chi connectivity index (χ2n) is 13.0. The molecule has 0 saturated heterocycles. The Hall–Kier alpha value is -6.90. The van der Waals surface area contributed by atoms with Crippen LogP contribution in [0.25, 0.3) is 43.8 Å². The summed E-state index contributed by atoms with van der Waals surface area (Å²) in [6.07, 6.45) is 0. The van der Waals surface area contributed by atoms with E-state index < -0.39 is 0 Å². The first kappa shape index (κ1) is 31.1. The summed E-state index contributed by atoms with van der Waals surface area (Å²) >= 11 is 0. The zero-order valence-corrected chi connectivity index (χ0v) is 28.7. The van der Waals surface area contributed by atoms with Crippen molar-refractivity contribution in [2.24, 2.45) is 0 Å². The molecule has 0 aliphatic rings. The number of para-hydroxylation sites is 2. The molecule has 0 heterocycles. The lowest BCUT2D eigenvalue weighted by molar-refractivity contribution is 1.30. The van der Waals surface area contributed by atoms with Crippen LogP contribution < -0.4 is 9.80 Å². The van der Waals surface area contributed by atoms with Crippen molar-refractivity contribution in [3.8, 4) is 22.3 Å². The molecule has 0 amide bonds. The fraction of sp³-hybridized carbons (Fsp3) is 0. The fourth-order valence-electron chi connectivity index (χ4n) is 7.30. The Morgan fingerprint density at radius 3 is 1.02 bits per heavy atom. The van der Waals surface area contributed by atoms with Gasteiger partial charge in [0, 0.05) is 33.5 Å². The molecule has 0 fully saturated rings. The molecule has 0 atom stereocenters. The molecular formula is C50H36N2. The molecule has 9 rings (SSSR count). The number of fused-ring (bicyclic) bond motifs is 2. The predicted molar refractivity (Wildman–Crippen MR) is 222 cm³/mol. The van der Waals surface area contributed by atoms with Crippen LogP contribution in [0.5, 0.6) is 0 Å². The molecule has 2 heteroatoms. The van der Waals surface area contributed by atoms with Crippen molar-refractivity contribution >= 4 is 55.7 Å². The summed E-state index contributed by atoms with van der Waals surface area (Å²) in [7, 11) is 0. The van der Waals surface area contributed by atoms with E-state index in [4.69, 9.17) is 0 Å². The maximum atomic E-state index is 2.35. The molecule has 0 saturated carbocycles. The van der Waals surface area contributed by atoms with Gasteiger partial charge in [-0.1, -0.05) is 152 Å². The molecule has 0 bridgehead atoms. The molecule has 0 unspecified atom stereocenters. The second-order valence-corrected chi connectivity index (χ2v) is 13.0. The molecule has 0 aliphatic carbocycles. The minimum Gasteiger partial charge on any atom is -0.310 e. The third kappa shape index (κ3) is 5.97. The monoisotopic (exact) mass is 664 g/mol. The minimum absolute atomic E-state index is 1.12. The van der Waals surface area contributed by atoms with Crippen LogP contribution in [-0.4, -0.2) is 0 Å². The first-order chi connectivity index (χ1) is 25.8. The summed E-state index contributed by atoms with van der Waals surface area (Å²) in [6, 6.07) is 78.2. The third-order valence-electron chi connectivity index (χ3n) is 9.82. The number of hydrogen-bond donors (Lipinski definition) is 0. The van der Waals surface area contributed by atoms with E-state index in [0.717, 1.165) is 34.1 Å². The Morgan fingerprint density at radius 2 is 0.577 bits per heavy atom. The van der Waals surface area contributed by atoms with E-state index >= 15 is 0 Å². The Morgan fingerprint density at radius 1 is 0.231 bits per heavy atom. The van der Waals surface area contributed by atoms with Gasteiger partial charge in [0.25, 0.3) is 0 Å². The molecule has 52 heavy (non-hydrogen) atoms.